The maximum atomic E-state index is 13.7. The number of nitro groups is 1. The summed E-state index contributed by atoms with van der Waals surface area (Å²) < 4.78 is 26.8. The van der Waals surface area contributed by atoms with Crippen molar-refractivity contribution in [1.82, 2.24) is 0 Å². The third-order valence-electron chi connectivity index (χ3n) is 2.38. The number of nitro benzene ring substituents is 1. The van der Waals surface area contributed by atoms with Crippen LogP contribution in [0, 0.1) is 21.7 Å². The van der Waals surface area contributed by atoms with Crippen LogP contribution in [0.1, 0.15) is 0 Å². The van der Waals surface area contributed by atoms with Gasteiger partial charge >= 0.3 is 0 Å². The Morgan fingerprint density at radius 2 is 1.78 bits per heavy atom. The van der Waals surface area contributed by atoms with Crippen LogP contribution in [0.4, 0.5) is 14.5 Å². The summed E-state index contributed by atoms with van der Waals surface area (Å²) in [5.74, 6) is -1.42. The molecule has 18 heavy (non-hydrogen) atoms. The van der Waals surface area contributed by atoms with Gasteiger partial charge < -0.3 is 0 Å². The Bertz CT molecular complexity index is 631. The zero-order valence-electron chi connectivity index (χ0n) is 8.86. The summed E-state index contributed by atoms with van der Waals surface area (Å²) in [6.45, 7) is 0. The molecule has 0 atom stereocenters. The molecule has 0 saturated carbocycles. The van der Waals surface area contributed by atoms with Crippen LogP contribution in [0.5, 0.6) is 0 Å². The van der Waals surface area contributed by atoms with Crippen LogP contribution in [-0.2, 0) is 0 Å². The van der Waals surface area contributed by atoms with Crippen LogP contribution in [0.25, 0.3) is 11.1 Å². The second kappa shape index (κ2) is 4.70. The molecule has 0 aliphatic heterocycles. The van der Waals surface area contributed by atoms with Gasteiger partial charge in [-0.2, -0.15) is 0 Å². The molecule has 0 aliphatic carbocycles. The second-order valence-corrected chi connectivity index (χ2v) is 3.98. The number of rotatable bonds is 2. The van der Waals surface area contributed by atoms with E-state index in [1.54, 1.807) is 0 Å². The highest BCUT2D eigenvalue weighted by atomic mass is 35.5. The third-order valence-corrected chi connectivity index (χ3v) is 2.61. The van der Waals surface area contributed by atoms with Crippen molar-refractivity contribution in [2.24, 2.45) is 0 Å². The van der Waals surface area contributed by atoms with E-state index in [9.17, 15) is 18.9 Å². The fraction of sp³-hybridized carbons (Fsp3) is 0. The molecule has 0 heterocycles. The van der Waals surface area contributed by atoms with Crippen LogP contribution in [-0.4, -0.2) is 4.92 Å². The molecule has 0 amide bonds. The quantitative estimate of drug-likeness (QED) is 0.606. The Morgan fingerprint density at radius 1 is 1.06 bits per heavy atom. The predicted octanol–water partition coefficient (Wildman–Crippen LogP) is 4.19. The first-order chi connectivity index (χ1) is 8.49. The van der Waals surface area contributed by atoms with Crippen molar-refractivity contribution >= 4 is 17.3 Å². The average Bonchev–Trinajstić information content (AvgIpc) is 2.28. The molecular weight excluding hydrogens is 264 g/mol. The zero-order valence-corrected chi connectivity index (χ0v) is 9.62. The zero-order chi connectivity index (χ0) is 13.3. The van der Waals surface area contributed by atoms with E-state index in [2.05, 4.69) is 0 Å². The SMILES string of the molecule is O=[N+]([O-])c1ccc(F)cc1-c1ccc(Cl)cc1F. The first kappa shape index (κ1) is 12.4. The molecule has 2 aromatic rings. The first-order valence-corrected chi connectivity index (χ1v) is 5.26. The molecular formula is C12H6ClF2NO2. The van der Waals surface area contributed by atoms with E-state index < -0.39 is 16.6 Å². The molecule has 92 valence electrons. The molecule has 3 nitrogen and oxygen atoms in total. The van der Waals surface area contributed by atoms with Crippen LogP contribution in [0.2, 0.25) is 5.02 Å². The highest BCUT2D eigenvalue weighted by Crippen LogP contribution is 2.33. The van der Waals surface area contributed by atoms with Crippen LogP contribution in [0.15, 0.2) is 36.4 Å². The van der Waals surface area contributed by atoms with Gasteiger partial charge in [-0.1, -0.05) is 11.6 Å². The van der Waals surface area contributed by atoms with Crippen LogP contribution < -0.4 is 0 Å². The highest BCUT2D eigenvalue weighted by molar-refractivity contribution is 6.30. The topological polar surface area (TPSA) is 43.1 Å². The van der Waals surface area contributed by atoms with Gasteiger partial charge in [-0.25, -0.2) is 8.78 Å². The van der Waals surface area contributed by atoms with E-state index in [0.29, 0.717) is 0 Å². The van der Waals surface area contributed by atoms with Gasteiger partial charge in [0.2, 0.25) is 0 Å². The number of benzene rings is 2. The van der Waals surface area contributed by atoms with Gasteiger partial charge in [-0.15, -0.1) is 0 Å². The van der Waals surface area contributed by atoms with Crippen LogP contribution in [0.3, 0.4) is 0 Å². The highest BCUT2D eigenvalue weighted by Gasteiger charge is 2.18. The normalized spacial score (nSPS) is 10.4. The fourth-order valence-corrected chi connectivity index (χ4v) is 1.75. The number of halogens is 3. The van der Waals surface area contributed by atoms with Gasteiger partial charge in [0.15, 0.2) is 0 Å². The second-order valence-electron chi connectivity index (χ2n) is 3.54. The molecule has 0 bridgehead atoms. The number of hydrogen-bond donors (Lipinski definition) is 0. The minimum absolute atomic E-state index is 0.0643. The molecule has 2 rings (SSSR count). The Morgan fingerprint density at radius 3 is 2.39 bits per heavy atom. The van der Waals surface area contributed by atoms with Gasteiger partial charge in [0.25, 0.3) is 5.69 Å². The van der Waals surface area contributed by atoms with Gasteiger partial charge in [-0.05, 0) is 30.3 Å². The van der Waals surface area contributed by atoms with E-state index in [4.69, 9.17) is 11.6 Å². The van der Waals surface area contributed by atoms with Gasteiger partial charge in [0.1, 0.15) is 11.6 Å². The minimum atomic E-state index is -0.740. The van der Waals surface area contributed by atoms with Crippen molar-refractivity contribution in [1.29, 1.82) is 0 Å². The maximum Gasteiger partial charge on any atom is 0.277 e. The predicted molar refractivity (Wildman–Crippen MR) is 63.5 cm³/mol. The fourth-order valence-electron chi connectivity index (χ4n) is 1.59. The van der Waals surface area contributed by atoms with E-state index in [-0.39, 0.29) is 21.8 Å². The lowest BCUT2D eigenvalue weighted by molar-refractivity contribution is -0.384. The number of hydrogen-bond acceptors (Lipinski definition) is 2. The largest absolute Gasteiger partial charge is 0.277 e. The van der Waals surface area contributed by atoms with E-state index in [0.717, 1.165) is 24.3 Å². The van der Waals surface area contributed by atoms with E-state index >= 15 is 0 Å². The smallest absolute Gasteiger partial charge is 0.258 e. The lowest BCUT2D eigenvalue weighted by Crippen LogP contribution is -1.94. The van der Waals surface area contributed by atoms with Crippen LogP contribution >= 0.6 is 11.6 Å². The third kappa shape index (κ3) is 2.31. The van der Waals surface area contributed by atoms with Gasteiger partial charge in [0, 0.05) is 16.7 Å². The summed E-state index contributed by atoms with van der Waals surface area (Å²) in [6.07, 6.45) is 0. The molecule has 0 aliphatic rings. The summed E-state index contributed by atoms with van der Waals surface area (Å²) >= 11 is 5.59. The minimum Gasteiger partial charge on any atom is -0.258 e. The molecule has 0 unspecified atom stereocenters. The van der Waals surface area contributed by atoms with Crippen molar-refractivity contribution in [3.8, 4) is 11.1 Å². The molecule has 0 radical (unpaired) electrons. The maximum absolute atomic E-state index is 13.7. The van der Waals surface area contributed by atoms with Crippen molar-refractivity contribution in [2.75, 3.05) is 0 Å². The monoisotopic (exact) mass is 269 g/mol. The van der Waals surface area contributed by atoms with E-state index in [1.165, 1.54) is 12.1 Å². The Hall–Kier alpha value is -2.01. The Kier molecular flexibility index (Phi) is 3.25. The summed E-state index contributed by atoms with van der Waals surface area (Å²) in [5.41, 5.74) is -0.544. The summed E-state index contributed by atoms with van der Waals surface area (Å²) in [7, 11) is 0. The van der Waals surface area contributed by atoms with Gasteiger partial charge in [-0.3, -0.25) is 10.1 Å². The average molecular weight is 270 g/mol. The first-order valence-electron chi connectivity index (χ1n) is 4.88. The molecule has 6 heteroatoms. The van der Waals surface area contributed by atoms with Crippen molar-refractivity contribution in [3.63, 3.8) is 0 Å². The Balaban J connectivity index is 2.69. The number of nitrogens with zero attached hydrogens (tertiary/aromatic N) is 1. The standard InChI is InChI=1S/C12H6ClF2NO2/c13-7-1-3-9(11(15)5-7)10-6-8(14)2-4-12(10)16(17)18/h1-6H. The summed E-state index contributed by atoms with van der Waals surface area (Å²) in [4.78, 5) is 10.1. The summed E-state index contributed by atoms with van der Waals surface area (Å²) in [5, 5.41) is 11.0. The molecule has 0 saturated heterocycles. The lowest BCUT2D eigenvalue weighted by Gasteiger charge is -2.05. The van der Waals surface area contributed by atoms with Gasteiger partial charge in [0.05, 0.1) is 10.5 Å². The molecule has 0 spiro atoms. The summed E-state index contributed by atoms with van der Waals surface area (Å²) in [6, 6.07) is 6.55. The molecule has 2 aromatic carbocycles. The molecule has 0 aromatic heterocycles. The van der Waals surface area contributed by atoms with Crippen molar-refractivity contribution < 1.29 is 13.7 Å². The molecule has 0 N–H and O–H groups in total. The van der Waals surface area contributed by atoms with Crippen molar-refractivity contribution in [3.05, 3.63) is 63.2 Å². The lowest BCUT2D eigenvalue weighted by atomic mass is 10.0. The molecule has 0 fully saturated rings. The van der Waals surface area contributed by atoms with E-state index in [1.807, 2.05) is 0 Å². The Labute approximate surface area is 106 Å². The van der Waals surface area contributed by atoms with Crippen molar-refractivity contribution in [2.45, 2.75) is 0 Å².